The summed E-state index contributed by atoms with van der Waals surface area (Å²) in [6.45, 7) is 2.58. The molecule has 0 atom stereocenters. The second-order valence-corrected chi connectivity index (χ2v) is 6.32. The van der Waals surface area contributed by atoms with Crippen LogP contribution < -0.4 is 15.4 Å². The van der Waals surface area contributed by atoms with Crippen molar-refractivity contribution in [2.75, 3.05) is 37.9 Å². The zero-order valence-corrected chi connectivity index (χ0v) is 16.1. The van der Waals surface area contributed by atoms with Crippen molar-refractivity contribution in [1.29, 1.82) is 0 Å². The number of para-hydroxylation sites is 2. The molecule has 2 N–H and O–H groups in total. The summed E-state index contributed by atoms with van der Waals surface area (Å²) < 4.78 is 5.51. The van der Waals surface area contributed by atoms with E-state index in [1.54, 1.807) is 19.0 Å². The number of nitrogens with zero attached hydrogens (tertiary/aromatic N) is 1. The van der Waals surface area contributed by atoms with Gasteiger partial charge in [0.1, 0.15) is 5.75 Å². The fourth-order valence-electron chi connectivity index (χ4n) is 2.54. The van der Waals surface area contributed by atoms with Crippen LogP contribution in [0.2, 0.25) is 0 Å². The molecule has 2 aromatic carbocycles. The van der Waals surface area contributed by atoms with Gasteiger partial charge < -0.3 is 20.3 Å². The normalized spacial score (nSPS) is 10.2. The molecule has 0 bridgehead atoms. The minimum Gasteiger partial charge on any atom is -0.492 e. The lowest BCUT2D eigenvalue weighted by atomic mass is 10.1. The fraction of sp³-hybridized carbons (Fsp3) is 0.333. The monoisotopic (exact) mass is 369 g/mol. The van der Waals surface area contributed by atoms with E-state index in [2.05, 4.69) is 10.6 Å². The van der Waals surface area contributed by atoms with Crippen molar-refractivity contribution in [1.82, 2.24) is 4.90 Å². The van der Waals surface area contributed by atoms with Crippen molar-refractivity contribution in [2.24, 2.45) is 0 Å². The first kappa shape index (κ1) is 20.3. The predicted octanol–water partition coefficient (Wildman–Crippen LogP) is 3.16. The molecule has 0 saturated heterocycles. The quantitative estimate of drug-likeness (QED) is 0.712. The van der Waals surface area contributed by atoms with E-state index in [1.807, 2.05) is 55.5 Å². The first-order valence-corrected chi connectivity index (χ1v) is 9.04. The SMILES string of the molecule is CCOc1ccccc1NC(=O)CNc1cccc(CCC(=O)N(C)C)c1. The van der Waals surface area contributed by atoms with Crippen LogP contribution in [0, 0.1) is 0 Å². The number of carbonyl (C=O) groups is 2. The van der Waals surface area contributed by atoms with E-state index in [0.717, 1.165) is 11.3 Å². The second-order valence-electron chi connectivity index (χ2n) is 6.32. The lowest BCUT2D eigenvalue weighted by Crippen LogP contribution is -2.22. The fourth-order valence-corrected chi connectivity index (χ4v) is 2.54. The van der Waals surface area contributed by atoms with Crippen LogP contribution >= 0.6 is 0 Å². The van der Waals surface area contributed by atoms with Gasteiger partial charge in [0.05, 0.1) is 18.8 Å². The first-order valence-electron chi connectivity index (χ1n) is 9.04. The lowest BCUT2D eigenvalue weighted by molar-refractivity contribution is -0.128. The highest BCUT2D eigenvalue weighted by Crippen LogP contribution is 2.23. The number of benzene rings is 2. The summed E-state index contributed by atoms with van der Waals surface area (Å²) in [6.07, 6.45) is 1.13. The highest BCUT2D eigenvalue weighted by Gasteiger charge is 2.08. The molecule has 0 fully saturated rings. The molecule has 0 aliphatic rings. The van der Waals surface area contributed by atoms with Crippen molar-refractivity contribution < 1.29 is 14.3 Å². The van der Waals surface area contributed by atoms with Crippen LogP contribution in [0.25, 0.3) is 0 Å². The predicted molar refractivity (Wildman–Crippen MR) is 108 cm³/mol. The van der Waals surface area contributed by atoms with Crippen molar-refractivity contribution >= 4 is 23.2 Å². The van der Waals surface area contributed by atoms with E-state index in [1.165, 1.54) is 0 Å². The molecule has 0 aromatic heterocycles. The maximum absolute atomic E-state index is 12.2. The average molecular weight is 369 g/mol. The highest BCUT2D eigenvalue weighted by atomic mass is 16.5. The third-order valence-corrected chi connectivity index (χ3v) is 3.97. The van der Waals surface area contributed by atoms with Gasteiger partial charge in [-0.1, -0.05) is 24.3 Å². The van der Waals surface area contributed by atoms with Gasteiger partial charge in [0.15, 0.2) is 0 Å². The number of rotatable bonds is 9. The molecule has 0 aliphatic heterocycles. The smallest absolute Gasteiger partial charge is 0.243 e. The molecular formula is C21H27N3O3. The van der Waals surface area contributed by atoms with Gasteiger partial charge in [0.2, 0.25) is 11.8 Å². The van der Waals surface area contributed by atoms with Crippen molar-refractivity contribution in [3.8, 4) is 5.75 Å². The summed E-state index contributed by atoms with van der Waals surface area (Å²) in [7, 11) is 3.51. The number of hydrogen-bond acceptors (Lipinski definition) is 4. The third kappa shape index (κ3) is 6.66. The Morgan fingerprint density at radius 1 is 1.07 bits per heavy atom. The minimum absolute atomic E-state index is 0.0979. The third-order valence-electron chi connectivity index (χ3n) is 3.97. The van der Waals surface area contributed by atoms with E-state index < -0.39 is 0 Å². The van der Waals surface area contributed by atoms with Crippen LogP contribution in [0.5, 0.6) is 5.75 Å². The van der Waals surface area contributed by atoms with E-state index in [-0.39, 0.29) is 18.4 Å². The Kier molecular flexibility index (Phi) is 7.67. The Hall–Kier alpha value is -3.02. The summed E-state index contributed by atoms with van der Waals surface area (Å²) in [6, 6.07) is 15.1. The average Bonchev–Trinajstić information content (AvgIpc) is 2.66. The highest BCUT2D eigenvalue weighted by molar-refractivity contribution is 5.95. The molecular weight excluding hydrogens is 342 g/mol. The number of anilines is 2. The summed E-state index contributed by atoms with van der Waals surface area (Å²) in [4.78, 5) is 25.5. The van der Waals surface area contributed by atoms with Crippen LogP contribution in [0.3, 0.4) is 0 Å². The maximum Gasteiger partial charge on any atom is 0.243 e. The Morgan fingerprint density at radius 3 is 2.59 bits per heavy atom. The molecule has 144 valence electrons. The van der Waals surface area contributed by atoms with Crippen LogP contribution in [0.4, 0.5) is 11.4 Å². The van der Waals surface area contributed by atoms with Crippen LogP contribution in [0.1, 0.15) is 18.9 Å². The molecule has 0 spiro atoms. The maximum atomic E-state index is 12.2. The molecule has 2 aromatic rings. The van der Waals surface area contributed by atoms with Gasteiger partial charge in [-0.25, -0.2) is 0 Å². The zero-order chi connectivity index (χ0) is 19.6. The number of aryl methyl sites for hydroxylation is 1. The van der Waals surface area contributed by atoms with Gasteiger partial charge in [0, 0.05) is 26.2 Å². The van der Waals surface area contributed by atoms with Gasteiger partial charge in [-0.05, 0) is 43.2 Å². The summed E-state index contributed by atoms with van der Waals surface area (Å²) in [5, 5.41) is 5.97. The largest absolute Gasteiger partial charge is 0.492 e. The van der Waals surface area contributed by atoms with Gasteiger partial charge in [-0.2, -0.15) is 0 Å². The van der Waals surface area contributed by atoms with Gasteiger partial charge in [0.25, 0.3) is 0 Å². The molecule has 2 rings (SSSR count). The number of amides is 2. The summed E-state index contributed by atoms with van der Waals surface area (Å²) in [5.74, 6) is 0.594. The summed E-state index contributed by atoms with van der Waals surface area (Å²) in [5.41, 5.74) is 2.55. The molecule has 0 heterocycles. The van der Waals surface area contributed by atoms with Crippen LogP contribution in [0.15, 0.2) is 48.5 Å². The molecule has 6 heteroatoms. The Balaban J connectivity index is 1.88. The van der Waals surface area contributed by atoms with Gasteiger partial charge in [-0.3, -0.25) is 9.59 Å². The Bertz CT molecular complexity index is 775. The number of nitrogens with one attached hydrogen (secondary N) is 2. The van der Waals surface area contributed by atoms with E-state index >= 15 is 0 Å². The molecule has 6 nitrogen and oxygen atoms in total. The number of ether oxygens (including phenoxy) is 1. The number of carbonyl (C=O) groups excluding carboxylic acids is 2. The minimum atomic E-state index is -0.157. The first-order chi connectivity index (χ1) is 13.0. The van der Waals surface area contributed by atoms with Crippen molar-refractivity contribution in [2.45, 2.75) is 19.8 Å². The Morgan fingerprint density at radius 2 is 1.85 bits per heavy atom. The van der Waals surface area contributed by atoms with Gasteiger partial charge >= 0.3 is 0 Å². The van der Waals surface area contributed by atoms with Crippen LogP contribution in [-0.2, 0) is 16.0 Å². The van der Waals surface area contributed by atoms with Crippen molar-refractivity contribution in [3.05, 3.63) is 54.1 Å². The lowest BCUT2D eigenvalue weighted by Gasteiger charge is -2.13. The van der Waals surface area contributed by atoms with E-state index in [0.29, 0.717) is 30.9 Å². The Labute approximate surface area is 160 Å². The molecule has 0 unspecified atom stereocenters. The standard InChI is InChI=1S/C21H27N3O3/c1-4-27-19-11-6-5-10-18(19)23-20(25)15-22-17-9-7-8-16(14-17)12-13-21(26)24(2)3/h5-11,14,22H,4,12-13,15H2,1-3H3,(H,23,25). The zero-order valence-electron chi connectivity index (χ0n) is 16.1. The van der Waals surface area contributed by atoms with Crippen LogP contribution in [-0.4, -0.2) is 44.0 Å². The topological polar surface area (TPSA) is 70.7 Å². The number of hydrogen-bond donors (Lipinski definition) is 2. The molecule has 0 saturated carbocycles. The van der Waals surface area contributed by atoms with E-state index in [4.69, 9.17) is 4.74 Å². The molecule has 2 amide bonds. The van der Waals surface area contributed by atoms with Gasteiger partial charge in [-0.15, -0.1) is 0 Å². The molecule has 27 heavy (non-hydrogen) atoms. The van der Waals surface area contributed by atoms with E-state index in [9.17, 15) is 9.59 Å². The molecule has 0 aliphatic carbocycles. The second kappa shape index (κ2) is 10.2. The molecule has 0 radical (unpaired) electrons. The summed E-state index contributed by atoms with van der Waals surface area (Å²) >= 11 is 0. The van der Waals surface area contributed by atoms with Crippen molar-refractivity contribution in [3.63, 3.8) is 0 Å².